The van der Waals surface area contributed by atoms with Crippen LogP contribution in [0.5, 0.6) is 11.5 Å². The van der Waals surface area contributed by atoms with Crippen LogP contribution >= 0.6 is 0 Å². The molecular formula is C39H48N4O8. The number of likely N-dealkylation sites (tertiary alicyclic amines) is 1. The summed E-state index contributed by atoms with van der Waals surface area (Å²) in [6, 6.07) is 8.14. The zero-order valence-corrected chi connectivity index (χ0v) is 30.0. The van der Waals surface area contributed by atoms with E-state index < -0.39 is 40.8 Å². The molecule has 3 aromatic rings. The van der Waals surface area contributed by atoms with Crippen molar-refractivity contribution in [2.24, 2.45) is 34.5 Å². The average molecular weight is 701 g/mol. The number of pyridine rings is 1. The molecule has 0 radical (unpaired) electrons. The van der Waals surface area contributed by atoms with E-state index in [0.29, 0.717) is 52.9 Å². The van der Waals surface area contributed by atoms with Gasteiger partial charge in [-0.1, -0.05) is 34.1 Å². The normalized spacial score (nSPS) is 28.6. The maximum absolute atomic E-state index is 14.6. The first-order valence-electron chi connectivity index (χ1n) is 18.2. The standard InChI is InChI=1S/C39H48N4O8/c1-6-24-19-39(24,37(47)48)20-32(44)31-16-27(50-33-18-34(43-11-7-10-40-43)41-30-15-25(49-5)8-9-28(30)33)21-42(31)36(46)29(38(2,3)4)17-35(45)51-26-13-22-12-23(22)14-26/h7-11,15,18,22-24,26-27,29,31H,6,12-14,16-17,19-21H2,1-5H3,(H,47,48)/t22-,23+,24?,26?,27?,29-,31+,39-/m1/s1. The number of aliphatic carboxylic acids is 1. The largest absolute Gasteiger partial charge is 0.497 e. The summed E-state index contributed by atoms with van der Waals surface area (Å²) in [6.07, 6.45) is 6.73. The van der Waals surface area contributed by atoms with Crippen LogP contribution in [0.4, 0.5) is 0 Å². The van der Waals surface area contributed by atoms with Gasteiger partial charge in [-0.3, -0.25) is 19.2 Å². The number of ether oxygens (including phenoxy) is 3. The van der Waals surface area contributed by atoms with Gasteiger partial charge in [0.2, 0.25) is 5.91 Å². The van der Waals surface area contributed by atoms with Crippen LogP contribution in [0, 0.1) is 34.5 Å². The molecule has 1 aromatic carbocycles. The lowest BCUT2D eigenvalue weighted by molar-refractivity contribution is -0.157. The molecule has 1 N–H and O–H groups in total. The molecule has 12 nitrogen and oxygen atoms in total. The minimum absolute atomic E-state index is 0.0869. The van der Waals surface area contributed by atoms with Gasteiger partial charge in [0.1, 0.15) is 23.7 Å². The van der Waals surface area contributed by atoms with E-state index in [-0.39, 0.29) is 49.5 Å². The SMILES string of the molecule is CCC1C[C@]1(CC(=O)[C@@H]1CC(Oc2cc(-n3cccn3)nc3cc(OC)ccc23)CN1C(=O)[C@@H](CC(=O)OC1C[C@@H]2C[C@@H]2C1)C(C)(C)C)C(=O)O. The molecule has 3 saturated carbocycles. The molecule has 1 amide bonds. The van der Waals surface area contributed by atoms with Crippen molar-refractivity contribution in [1.29, 1.82) is 0 Å². The molecule has 0 bridgehead atoms. The zero-order chi connectivity index (χ0) is 36.2. The highest BCUT2D eigenvalue weighted by atomic mass is 16.5. The monoisotopic (exact) mass is 700 g/mol. The van der Waals surface area contributed by atoms with Crippen molar-refractivity contribution in [3.63, 3.8) is 0 Å². The second-order valence-corrected chi connectivity index (χ2v) is 16.2. The summed E-state index contributed by atoms with van der Waals surface area (Å²) in [5.74, 6) is 0.0992. The highest BCUT2D eigenvalue weighted by molar-refractivity contribution is 5.95. The summed E-state index contributed by atoms with van der Waals surface area (Å²) in [5.41, 5.74) is -1.12. The second kappa shape index (κ2) is 13.2. The van der Waals surface area contributed by atoms with E-state index in [1.807, 2.05) is 39.8 Å². The lowest BCUT2D eigenvalue weighted by Gasteiger charge is -2.35. The number of carbonyl (C=O) groups excluding carboxylic acids is 3. The second-order valence-electron chi connectivity index (χ2n) is 16.2. The Kier molecular flexibility index (Phi) is 9.08. The Balaban J connectivity index is 1.18. The highest BCUT2D eigenvalue weighted by Gasteiger charge is 2.61. The Morgan fingerprint density at radius 3 is 2.45 bits per heavy atom. The predicted octanol–water partition coefficient (Wildman–Crippen LogP) is 5.63. The minimum Gasteiger partial charge on any atom is -0.497 e. The number of fused-ring (bicyclic) bond motifs is 2. The number of nitrogens with zero attached hydrogens (tertiary/aromatic N) is 4. The molecular weight excluding hydrogens is 652 g/mol. The fourth-order valence-electron chi connectivity index (χ4n) is 8.54. The molecule has 4 aliphatic rings. The molecule has 1 aliphatic heterocycles. The Bertz CT molecular complexity index is 1830. The Morgan fingerprint density at radius 1 is 1.06 bits per heavy atom. The Morgan fingerprint density at radius 2 is 1.82 bits per heavy atom. The van der Waals surface area contributed by atoms with E-state index in [0.717, 1.165) is 12.8 Å². The van der Waals surface area contributed by atoms with Gasteiger partial charge in [-0.2, -0.15) is 5.10 Å². The summed E-state index contributed by atoms with van der Waals surface area (Å²) in [4.78, 5) is 60.8. The van der Waals surface area contributed by atoms with Crippen molar-refractivity contribution in [2.45, 2.75) is 97.3 Å². The number of carbonyl (C=O) groups is 4. The Hall–Kier alpha value is -4.48. The molecule has 272 valence electrons. The third kappa shape index (κ3) is 6.93. The number of benzene rings is 1. The number of methoxy groups -OCH3 is 1. The quantitative estimate of drug-likeness (QED) is 0.222. The van der Waals surface area contributed by atoms with Crippen molar-refractivity contribution < 1.29 is 38.5 Å². The van der Waals surface area contributed by atoms with Crippen LogP contribution in [0.25, 0.3) is 16.7 Å². The summed E-state index contributed by atoms with van der Waals surface area (Å²) in [5, 5.41) is 15.2. The van der Waals surface area contributed by atoms with Crippen LogP contribution in [-0.2, 0) is 23.9 Å². The van der Waals surface area contributed by atoms with Gasteiger partial charge in [0.25, 0.3) is 0 Å². The number of amides is 1. The molecule has 3 aliphatic carbocycles. The van der Waals surface area contributed by atoms with Gasteiger partial charge in [-0.15, -0.1) is 0 Å². The third-order valence-corrected chi connectivity index (χ3v) is 11.8. The van der Waals surface area contributed by atoms with Crippen molar-refractivity contribution in [1.82, 2.24) is 19.7 Å². The van der Waals surface area contributed by atoms with Crippen LogP contribution in [0.2, 0.25) is 0 Å². The molecule has 8 atom stereocenters. The molecule has 0 spiro atoms. The lowest BCUT2D eigenvalue weighted by atomic mass is 9.77. The molecule has 12 heteroatoms. The molecule has 1 saturated heterocycles. The topological polar surface area (TPSA) is 150 Å². The van der Waals surface area contributed by atoms with E-state index in [1.54, 1.807) is 47.3 Å². The van der Waals surface area contributed by atoms with E-state index in [2.05, 4.69) is 5.10 Å². The number of rotatable bonds is 13. The zero-order valence-electron chi connectivity index (χ0n) is 30.0. The number of hydrogen-bond donors (Lipinski definition) is 1. The van der Waals surface area contributed by atoms with E-state index in [1.165, 1.54) is 6.42 Å². The predicted molar refractivity (Wildman–Crippen MR) is 186 cm³/mol. The van der Waals surface area contributed by atoms with Crippen molar-refractivity contribution >= 4 is 34.5 Å². The van der Waals surface area contributed by atoms with E-state index >= 15 is 0 Å². The van der Waals surface area contributed by atoms with Gasteiger partial charge < -0.3 is 24.2 Å². The number of carboxylic acids is 1. The fourth-order valence-corrected chi connectivity index (χ4v) is 8.54. The average Bonchev–Trinajstić information content (AvgIpc) is 3.70. The van der Waals surface area contributed by atoms with Crippen LogP contribution in [-0.4, -0.2) is 80.3 Å². The van der Waals surface area contributed by atoms with Gasteiger partial charge in [-0.25, -0.2) is 9.67 Å². The van der Waals surface area contributed by atoms with Crippen LogP contribution in [0.3, 0.4) is 0 Å². The number of Topliss-reactive ketones (excluding diaryl/α,β-unsaturated/α-hetero) is 1. The van der Waals surface area contributed by atoms with Gasteiger partial charge in [0.15, 0.2) is 11.6 Å². The first-order valence-corrected chi connectivity index (χ1v) is 18.2. The van der Waals surface area contributed by atoms with Gasteiger partial charge in [-0.05, 0) is 67.1 Å². The molecule has 2 aromatic heterocycles. The molecule has 7 rings (SSSR count). The summed E-state index contributed by atoms with van der Waals surface area (Å²) in [7, 11) is 1.58. The Labute approximate surface area is 297 Å². The number of ketones is 1. The summed E-state index contributed by atoms with van der Waals surface area (Å²) in [6.45, 7) is 7.77. The lowest BCUT2D eigenvalue weighted by Crippen LogP contribution is -2.48. The van der Waals surface area contributed by atoms with Crippen molar-refractivity contribution in [3.05, 3.63) is 42.7 Å². The first kappa shape index (κ1) is 34.9. The van der Waals surface area contributed by atoms with Gasteiger partial charge in [0.05, 0.1) is 43.0 Å². The van der Waals surface area contributed by atoms with Crippen molar-refractivity contribution in [3.8, 4) is 17.3 Å². The fraction of sp³-hybridized carbons (Fsp3) is 0.590. The number of esters is 1. The van der Waals surface area contributed by atoms with Crippen LogP contribution < -0.4 is 9.47 Å². The summed E-state index contributed by atoms with van der Waals surface area (Å²) < 4.78 is 19.6. The number of carboxylic acid groups (broad SMARTS) is 1. The van der Waals surface area contributed by atoms with Gasteiger partial charge in [0, 0.05) is 42.8 Å². The third-order valence-electron chi connectivity index (χ3n) is 11.8. The first-order chi connectivity index (χ1) is 24.3. The van der Waals surface area contributed by atoms with Crippen LogP contribution in [0.15, 0.2) is 42.7 Å². The molecule has 4 fully saturated rings. The molecule has 3 unspecified atom stereocenters. The maximum Gasteiger partial charge on any atom is 0.310 e. The molecule has 51 heavy (non-hydrogen) atoms. The summed E-state index contributed by atoms with van der Waals surface area (Å²) >= 11 is 0. The maximum atomic E-state index is 14.6. The smallest absolute Gasteiger partial charge is 0.310 e. The van der Waals surface area contributed by atoms with Crippen molar-refractivity contribution in [2.75, 3.05) is 13.7 Å². The van der Waals surface area contributed by atoms with Crippen LogP contribution in [0.1, 0.15) is 79.1 Å². The minimum atomic E-state index is -1.12. The number of aromatic nitrogens is 3. The number of hydrogen-bond acceptors (Lipinski definition) is 9. The van der Waals surface area contributed by atoms with Gasteiger partial charge >= 0.3 is 11.9 Å². The molecule has 3 heterocycles. The highest BCUT2D eigenvalue weighted by Crippen LogP contribution is 2.58. The van der Waals surface area contributed by atoms with E-state index in [9.17, 15) is 24.3 Å². The van der Waals surface area contributed by atoms with E-state index in [4.69, 9.17) is 19.2 Å².